The average molecular weight is 220 g/mol. The molecule has 80 valence electrons. The van der Waals surface area contributed by atoms with Gasteiger partial charge < -0.3 is 4.74 Å². The fourth-order valence-corrected chi connectivity index (χ4v) is 2.44. The quantitative estimate of drug-likeness (QED) is 0.444. The lowest BCUT2D eigenvalue weighted by molar-refractivity contribution is 0.0664. The lowest BCUT2D eigenvalue weighted by Gasteiger charge is -2.16. The Hall–Kier alpha value is -1.35. The van der Waals surface area contributed by atoms with Crippen molar-refractivity contribution in [3.05, 3.63) is 42.7 Å². The summed E-state index contributed by atoms with van der Waals surface area (Å²) in [4.78, 5) is 11.4. The largest absolute Gasteiger partial charge is 0.432 e. The smallest absolute Gasteiger partial charge is 0.342 e. The van der Waals surface area contributed by atoms with Gasteiger partial charge in [-0.25, -0.2) is 4.79 Å². The van der Waals surface area contributed by atoms with Gasteiger partial charge in [0.1, 0.15) is 0 Å². The maximum absolute atomic E-state index is 11.4. The van der Waals surface area contributed by atoms with Crippen molar-refractivity contribution < 1.29 is 9.53 Å². The third-order valence-corrected chi connectivity index (χ3v) is 4.20. The number of ether oxygens (including phenoxy) is 1. The average Bonchev–Trinajstić information content (AvgIpc) is 2.17. The highest BCUT2D eigenvalue weighted by atomic mass is 28.3. The Morgan fingerprint density at radius 2 is 2.07 bits per heavy atom. The van der Waals surface area contributed by atoms with E-state index in [4.69, 9.17) is 4.74 Å². The van der Waals surface area contributed by atoms with Gasteiger partial charge in [0.25, 0.3) is 0 Å². The van der Waals surface area contributed by atoms with Crippen LogP contribution in [0.15, 0.2) is 37.1 Å². The summed E-state index contributed by atoms with van der Waals surface area (Å²) in [5.41, 5.74) is 0.592. The Bertz CT molecular complexity index is 377. The topological polar surface area (TPSA) is 26.3 Å². The molecular weight excluding hydrogens is 204 g/mol. The van der Waals surface area contributed by atoms with Crippen molar-refractivity contribution in [3.63, 3.8) is 0 Å². The SMILES string of the molecule is C=COC(=O)c1cccc([Si](C)(C)C)c1. The Balaban J connectivity index is 3.03. The van der Waals surface area contributed by atoms with Crippen molar-refractivity contribution in [1.82, 2.24) is 0 Å². The number of benzene rings is 1. The molecule has 0 fully saturated rings. The molecule has 0 aliphatic rings. The van der Waals surface area contributed by atoms with Crippen LogP contribution in [-0.4, -0.2) is 14.0 Å². The number of carbonyl (C=O) groups excluding carboxylic acids is 1. The summed E-state index contributed by atoms with van der Waals surface area (Å²) < 4.78 is 4.74. The van der Waals surface area contributed by atoms with Gasteiger partial charge in [-0.15, -0.1) is 0 Å². The first kappa shape index (κ1) is 11.7. The van der Waals surface area contributed by atoms with E-state index in [1.165, 1.54) is 5.19 Å². The van der Waals surface area contributed by atoms with Crippen LogP contribution in [0.25, 0.3) is 0 Å². The zero-order valence-corrected chi connectivity index (χ0v) is 10.4. The zero-order valence-electron chi connectivity index (χ0n) is 9.41. The maximum Gasteiger partial charge on any atom is 0.342 e. The van der Waals surface area contributed by atoms with Crippen molar-refractivity contribution in [3.8, 4) is 0 Å². The fourth-order valence-electron chi connectivity index (χ4n) is 1.26. The summed E-state index contributed by atoms with van der Waals surface area (Å²) in [5.74, 6) is -0.342. The predicted molar refractivity (Wildman–Crippen MR) is 65.0 cm³/mol. The van der Waals surface area contributed by atoms with Crippen LogP contribution in [0.1, 0.15) is 10.4 Å². The molecule has 0 aromatic heterocycles. The van der Waals surface area contributed by atoms with Crippen LogP contribution < -0.4 is 5.19 Å². The van der Waals surface area contributed by atoms with Gasteiger partial charge in [0, 0.05) is 0 Å². The Labute approximate surface area is 91.6 Å². The van der Waals surface area contributed by atoms with E-state index in [-0.39, 0.29) is 5.97 Å². The van der Waals surface area contributed by atoms with Crippen LogP contribution in [0.5, 0.6) is 0 Å². The van der Waals surface area contributed by atoms with Crippen LogP contribution in [0.3, 0.4) is 0 Å². The molecule has 2 nitrogen and oxygen atoms in total. The summed E-state index contributed by atoms with van der Waals surface area (Å²) in [6.07, 6.45) is 1.16. The molecule has 0 amide bonds. The molecule has 0 aliphatic heterocycles. The molecule has 0 N–H and O–H groups in total. The van der Waals surface area contributed by atoms with Crippen molar-refractivity contribution >= 4 is 19.2 Å². The molecular formula is C12H16O2Si. The molecule has 0 heterocycles. The van der Waals surface area contributed by atoms with E-state index < -0.39 is 8.07 Å². The van der Waals surface area contributed by atoms with Crippen LogP contribution >= 0.6 is 0 Å². The van der Waals surface area contributed by atoms with Gasteiger partial charge in [-0.05, 0) is 12.1 Å². The standard InChI is InChI=1S/C12H16O2Si/c1-5-14-12(13)10-7-6-8-11(9-10)15(2,3)4/h5-9H,1H2,2-4H3. The maximum atomic E-state index is 11.4. The molecule has 3 heteroatoms. The Morgan fingerprint density at radius 1 is 1.40 bits per heavy atom. The molecule has 0 atom stereocenters. The molecule has 15 heavy (non-hydrogen) atoms. The van der Waals surface area contributed by atoms with E-state index in [0.29, 0.717) is 5.56 Å². The molecule has 0 saturated heterocycles. The highest BCUT2D eigenvalue weighted by Crippen LogP contribution is 2.06. The van der Waals surface area contributed by atoms with Crippen molar-refractivity contribution in [2.24, 2.45) is 0 Å². The summed E-state index contributed by atoms with van der Waals surface area (Å²) >= 11 is 0. The van der Waals surface area contributed by atoms with E-state index in [2.05, 4.69) is 32.3 Å². The molecule has 0 spiro atoms. The van der Waals surface area contributed by atoms with E-state index >= 15 is 0 Å². The minimum atomic E-state index is -1.37. The predicted octanol–water partition coefficient (Wildman–Crippen LogP) is 2.53. The number of hydrogen-bond donors (Lipinski definition) is 0. The van der Waals surface area contributed by atoms with Crippen LogP contribution in [0.2, 0.25) is 19.6 Å². The molecule has 1 rings (SSSR count). The molecule has 0 unspecified atom stereocenters. The first-order valence-electron chi connectivity index (χ1n) is 4.87. The van der Waals surface area contributed by atoms with Gasteiger partial charge in [-0.1, -0.05) is 43.5 Å². The highest BCUT2D eigenvalue weighted by molar-refractivity contribution is 6.88. The van der Waals surface area contributed by atoms with Crippen LogP contribution in [-0.2, 0) is 4.74 Å². The second-order valence-corrected chi connectivity index (χ2v) is 9.48. The van der Waals surface area contributed by atoms with Gasteiger partial charge in [0.15, 0.2) is 0 Å². The number of esters is 1. The van der Waals surface area contributed by atoms with Crippen LogP contribution in [0.4, 0.5) is 0 Å². The van der Waals surface area contributed by atoms with Gasteiger partial charge in [-0.2, -0.15) is 0 Å². The molecule has 1 aromatic rings. The molecule has 0 aliphatic carbocycles. The third-order valence-electron chi connectivity index (χ3n) is 2.15. The Morgan fingerprint density at radius 3 is 2.60 bits per heavy atom. The normalized spacial score (nSPS) is 10.9. The first-order chi connectivity index (χ1) is 6.95. The van der Waals surface area contributed by atoms with E-state index in [1.54, 1.807) is 6.07 Å². The van der Waals surface area contributed by atoms with E-state index in [0.717, 1.165) is 6.26 Å². The monoisotopic (exact) mass is 220 g/mol. The summed E-state index contributed by atoms with van der Waals surface area (Å²) in [6.45, 7) is 10.1. The number of hydrogen-bond acceptors (Lipinski definition) is 2. The Kier molecular flexibility index (Phi) is 3.47. The van der Waals surface area contributed by atoms with Gasteiger partial charge >= 0.3 is 5.97 Å². The molecule has 1 aromatic carbocycles. The first-order valence-corrected chi connectivity index (χ1v) is 8.37. The van der Waals surface area contributed by atoms with Crippen molar-refractivity contribution in [2.75, 3.05) is 0 Å². The van der Waals surface area contributed by atoms with Crippen LogP contribution in [0, 0.1) is 0 Å². The fraction of sp³-hybridized carbons (Fsp3) is 0.250. The second kappa shape index (κ2) is 4.44. The second-order valence-electron chi connectivity index (χ2n) is 4.40. The highest BCUT2D eigenvalue weighted by Gasteiger charge is 2.17. The van der Waals surface area contributed by atoms with Gasteiger partial charge in [-0.3, -0.25) is 0 Å². The zero-order chi connectivity index (χ0) is 11.5. The lowest BCUT2D eigenvalue weighted by atomic mass is 10.2. The van der Waals surface area contributed by atoms with Crippen molar-refractivity contribution in [2.45, 2.75) is 19.6 Å². The summed E-state index contributed by atoms with van der Waals surface area (Å²) in [5, 5.41) is 1.25. The molecule has 0 bridgehead atoms. The number of rotatable bonds is 3. The molecule has 0 saturated carbocycles. The van der Waals surface area contributed by atoms with E-state index in [1.807, 2.05) is 12.1 Å². The molecule has 0 radical (unpaired) electrons. The lowest BCUT2D eigenvalue weighted by Crippen LogP contribution is -2.37. The number of carbonyl (C=O) groups is 1. The van der Waals surface area contributed by atoms with Gasteiger partial charge in [0.05, 0.1) is 19.9 Å². The minimum absolute atomic E-state index is 0.342. The third kappa shape index (κ3) is 3.06. The van der Waals surface area contributed by atoms with E-state index in [9.17, 15) is 4.79 Å². The minimum Gasteiger partial charge on any atom is -0.432 e. The van der Waals surface area contributed by atoms with Gasteiger partial charge in [0.2, 0.25) is 0 Å². The summed E-state index contributed by atoms with van der Waals surface area (Å²) in [7, 11) is -1.37. The van der Waals surface area contributed by atoms with Crippen molar-refractivity contribution in [1.29, 1.82) is 0 Å². The summed E-state index contributed by atoms with van der Waals surface area (Å²) in [6, 6.07) is 7.64.